The minimum absolute atomic E-state index is 0.114. The first-order valence-corrected chi connectivity index (χ1v) is 4.77. The van der Waals surface area contributed by atoms with E-state index in [4.69, 9.17) is 4.74 Å². The minimum Gasteiger partial charge on any atom is -0.508 e. The number of hydrogen-bond donors (Lipinski definition) is 1. The molecular formula is C12H14O3. The van der Waals surface area contributed by atoms with E-state index in [1.807, 2.05) is 0 Å². The molecule has 0 atom stereocenters. The lowest BCUT2D eigenvalue weighted by Crippen LogP contribution is -2.03. The van der Waals surface area contributed by atoms with Gasteiger partial charge in [0, 0.05) is 12.0 Å². The van der Waals surface area contributed by atoms with Gasteiger partial charge in [-0.1, -0.05) is 24.3 Å². The number of carbonyl (C=O) groups is 1. The summed E-state index contributed by atoms with van der Waals surface area (Å²) in [7, 11) is 0. The summed E-state index contributed by atoms with van der Waals surface area (Å²) in [6.07, 6.45) is 2.61. The fraction of sp³-hybridized carbons (Fsp3) is 0.250. The third kappa shape index (κ3) is 3.85. The number of rotatable bonds is 5. The highest BCUT2D eigenvalue weighted by Gasteiger charge is 2.04. The van der Waals surface area contributed by atoms with Crippen molar-refractivity contribution < 1.29 is 14.6 Å². The lowest BCUT2D eigenvalue weighted by atomic mass is 10.2. The first kappa shape index (κ1) is 11.3. The number of carbonyl (C=O) groups excluding carboxylic acids is 1. The van der Waals surface area contributed by atoms with E-state index >= 15 is 0 Å². The molecule has 3 heteroatoms. The predicted octanol–water partition coefficient (Wildman–Crippen LogP) is 2.40. The Bertz CT molecular complexity index is 344. The van der Waals surface area contributed by atoms with E-state index in [2.05, 4.69) is 6.58 Å². The molecule has 0 fully saturated rings. The lowest BCUT2D eigenvalue weighted by molar-refractivity contribution is -0.144. The fourth-order valence-corrected chi connectivity index (χ4v) is 1.08. The second-order valence-electron chi connectivity index (χ2n) is 3.12. The summed E-state index contributed by atoms with van der Waals surface area (Å²) in [6.45, 7) is 3.63. The zero-order valence-corrected chi connectivity index (χ0v) is 8.48. The summed E-state index contributed by atoms with van der Waals surface area (Å²) in [5.41, 5.74) is 0.615. The van der Waals surface area contributed by atoms with Crippen LogP contribution in [0.1, 0.15) is 18.4 Å². The smallest absolute Gasteiger partial charge is 0.306 e. The quantitative estimate of drug-likeness (QED) is 0.594. The third-order valence-corrected chi connectivity index (χ3v) is 1.93. The van der Waals surface area contributed by atoms with Gasteiger partial charge in [0.25, 0.3) is 0 Å². The van der Waals surface area contributed by atoms with E-state index in [1.54, 1.807) is 30.3 Å². The Morgan fingerprint density at radius 2 is 2.20 bits per heavy atom. The molecule has 0 bridgehead atoms. The monoisotopic (exact) mass is 206 g/mol. The number of phenols is 1. The van der Waals surface area contributed by atoms with Crippen LogP contribution >= 0.6 is 0 Å². The van der Waals surface area contributed by atoms with Crippen molar-refractivity contribution in [3.63, 3.8) is 0 Å². The predicted molar refractivity (Wildman–Crippen MR) is 57.3 cm³/mol. The SMILES string of the molecule is C=CCCC(=O)OCc1ccccc1O. The van der Waals surface area contributed by atoms with Gasteiger partial charge in [0.05, 0.1) is 0 Å². The first-order chi connectivity index (χ1) is 7.24. The molecule has 0 aliphatic heterocycles. The molecule has 0 aliphatic carbocycles. The van der Waals surface area contributed by atoms with Crippen molar-refractivity contribution in [3.05, 3.63) is 42.5 Å². The topological polar surface area (TPSA) is 46.5 Å². The van der Waals surface area contributed by atoms with Crippen molar-refractivity contribution in [2.75, 3.05) is 0 Å². The zero-order valence-electron chi connectivity index (χ0n) is 8.48. The van der Waals surface area contributed by atoms with Crippen LogP contribution in [0.3, 0.4) is 0 Å². The number of phenolic OH excluding ortho intramolecular Hbond substituents is 1. The van der Waals surface area contributed by atoms with Gasteiger partial charge in [0.1, 0.15) is 12.4 Å². The normalized spacial score (nSPS) is 9.60. The molecule has 1 aromatic rings. The second-order valence-corrected chi connectivity index (χ2v) is 3.12. The molecule has 0 unspecified atom stereocenters. The number of esters is 1. The van der Waals surface area contributed by atoms with Crippen molar-refractivity contribution in [1.29, 1.82) is 0 Å². The first-order valence-electron chi connectivity index (χ1n) is 4.77. The Labute approximate surface area is 89.0 Å². The Balaban J connectivity index is 2.40. The van der Waals surface area contributed by atoms with Gasteiger partial charge in [-0.05, 0) is 12.5 Å². The van der Waals surface area contributed by atoms with Crippen molar-refractivity contribution in [2.24, 2.45) is 0 Å². The second kappa shape index (κ2) is 5.86. The van der Waals surface area contributed by atoms with E-state index in [-0.39, 0.29) is 18.3 Å². The van der Waals surface area contributed by atoms with E-state index < -0.39 is 0 Å². The Hall–Kier alpha value is -1.77. The van der Waals surface area contributed by atoms with Crippen LogP contribution in [-0.4, -0.2) is 11.1 Å². The number of benzene rings is 1. The molecule has 0 amide bonds. The third-order valence-electron chi connectivity index (χ3n) is 1.93. The van der Waals surface area contributed by atoms with Gasteiger partial charge in [0.15, 0.2) is 0 Å². The number of aromatic hydroxyl groups is 1. The minimum atomic E-state index is -0.279. The largest absolute Gasteiger partial charge is 0.508 e. The summed E-state index contributed by atoms with van der Waals surface area (Å²) in [5, 5.41) is 9.39. The Kier molecular flexibility index (Phi) is 4.41. The van der Waals surface area contributed by atoms with E-state index in [0.29, 0.717) is 18.4 Å². The molecule has 15 heavy (non-hydrogen) atoms. The van der Waals surface area contributed by atoms with Crippen LogP contribution < -0.4 is 0 Å². The van der Waals surface area contributed by atoms with Crippen LogP contribution in [0.5, 0.6) is 5.75 Å². The maximum Gasteiger partial charge on any atom is 0.306 e. The molecule has 0 radical (unpaired) electrons. The van der Waals surface area contributed by atoms with Gasteiger partial charge in [-0.2, -0.15) is 0 Å². The van der Waals surface area contributed by atoms with Gasteiger partial charge in [0.2, 0.25) is 0 Å². The average Bonchev–Trinajstić information content (AvgIpc) is 2.25. The van der Waals surface area contributed by atoms with Crippen molar-refractivity contribution in [3.8, 4) is 5.75 Å². The van der Waals surface area contributed by atoms with Crippen LogP contribution in [-0.2, 0) is 16.1 Å². The van der Waals surface area contributed by atoms with E-state index in [0.717, 1.165) is 0 Å². The van der Waals surface area contributed by atoms with Gasteiger partial charge >= 0.3 is 5.97 Å². The number of hydrogen-bond acceptors (Lipinski definition) is 3. The summed E-state index contributed by atoms with van der Waals surface area (Å²) < 4.78 is 4.96. The molecule has 0 heterocycles. The molecule has 0 spiro atoms. The summed E-state index contributed by atoms with van der Waals surface area (Å²) in [6, 6.07) is 6.79. The zero-order chi connectivity index (χ0) is 11.1. The van der Waals surface area contributed by atoms with Crippen LogP contribution in [0.2, 0.25) is 0 Å². The standard InChI is InChI=1S/C12H14O3/c1-2-3-8-12(14)15-9-10-6-4-5-7-11(10)13/h2,4-7,13H,1,3,8-9H2. The van der Waals surface area contributed by atoms with Gasteiger partial charge in [-0.15, -0.1) is 6.58 Å². The molecule has 0 saturated carbocycles. The molecule has 80 valence electrons. The summed E-state index contributed by atoms with van der Waals surface area (Å²) >= 11 is 0. The van der Waals surface area contributed by atoms with Crippen LogP contribution in [0.15, 0.2) is 36.9 Å². The molecular weight excluding hydrogens is 192 g/mol. The highest BCUT2D eigenvalue weighted by atomic mass is 16.5. The van der Waals surface area contributed by atoms with Crippen LogP contribution in [0.4, 0.5) is 0 Å². The van der Waals surface area contributed by atoms with Crippen molar-refractivity contribution in [1.82, 2.24) is 0 Å². The van der Waals surface area contributed by atoms with E-state index in [1.165, 1.54) is 0 Å². The van der Waals surface area contributed by atoms with Gasteiger partial charge in [-0.25, -0.2) is 0 Å². The fourth-order valence-electron chi connectivity index (χ4n) is 1.08. The Morgan fingerprint density at radius 3 is 2.87 bits per heavy atom. The molecule has 0 aromatic heterocycles. The summed E-state index contributed by atoms with van der Waals surface area (Å²) in [4.78, 5) is 11.1. The molecule has 3 nitrogen and oxygen atoms in total. The maximum atomic E-state index is 11.1. The Morgan fingerprint density at radius 1 is 1.47 bits per heavy atom. The van der Waals surface area contributed by atoms with Crippen molar-refractivity contribution >= 4 is 5.97 Å². The maximum absolute atomic E-state index is 11.1. The van der Waals surface area contributed by atoms with Crippen LogP contribution in [0.25, 0.3) is 0 Å². The van der Waals surface area contributed by atoms with Crippen LogP contribution in [0, 0.1) is 0 Å². The van der Waals surface area contributed by atoms with E-state index in [9.17, 15) is 9.90 Å². The van der Waals surface area contributed by atoms with Gasteiger partial charge < -0.3 is 9.84 Å². The molecule has 1 aromatic carbocycles. The van der Waals surface area contributed by atoms with Gasteiger partial charge in [-0.3, -0.25) is 4.79 Å². The summed E-state index contributed by atoms with van der Waals surface area (Å²) in [5.74, 6) is -0.132. The molecule has 0 aliphatic rings. The average molecular weight is 206 g/mol. The number of allylic oxidation sites excluding steroid dienone is 1. The highest BCUT2D eigenvalue weighted by molar-refractivity contribution is 5.69. The lowest BCUT2D eigenvalue weighted by Gasteiger charge is -2.05. The van der Waals surface area contributed by atoms with Crippen molar-refractivity contribution in [2.45, 2.75) is 19.4 Å². The molecule has 1 rings (SSSR count). The number of ether oxygens (including phenoxy) is 1. The molecule has 1 N–H and O–H groups in total. The molecule has 0 saturated heterocycles. The highest BCUT2D eigenvalue weighted by Crippen LogP contribution is 2.16. The number of para-hydroxylation sites is 1.